The van der Waals surface area contributed by atoms with Crippen LogP contribution in [0.4, 0.5) is 4.79 Å². The number of rotatable bonds is 4. The molecule has 1 saturated heterocycles. The summed E-state index contributed by atoms with van der Waals surface area (Å²) in [7, 11) is 1.98. The van der Waals surface area contributed by atoms with Crippen LogP contribution in [0.5, 0.6) is 0 Å². The number of benzene rings is 1. The first kappa shape index (κ1) is 20.2. The van der Waals surface area contributed by atoms with Crippen molar-refractivity contribution in [2.75, 3.05) is 13.1 Å². The third kappa shape index (κ3) is 3.72. The van der Waals surface area contributed by atoms with Gasteiger partial charge in [-0.2, -0.15) is 5.26 Å². The van der Waals surface area contributed by atoms with Gasteiger partial charge in [-0.05, 0) is 31.5 Å². The summed E-state index contributed by atoms with van der Waals surface area (Å²) < 4.78 is 7.41. The van der Waals surface area contributed by atoms with Crippen molar-refractivity contribution < 1.29 is 9.53 Å². The fourth-order valence-corrected chi connectivity index (χ4v) is 4.50. The second kappa shape index (κ2) is 8.34. The standard InChI is InChI=1S/C22H22ClN5O2/c1-28-15(8-13-6-7-26-12-19(13)30-22(25)29)9-17-18(28)11-27-21(23)20(17)16-5-3-2-4-14(16)10-24/h2-5,9,11,13,19,26H,6-8,12H2,1H3,(H2,25,29). The lowest BCUT2D eigenvalue weighted by Crippen LogP contribution is -2.45. The Hall–Kier alpha value is -3.08. The smallest absolute Gasteiger partial charge is 0.404 e. The average Bonchev–Trinajstić information content (AvgIpc) is 3.04. The SMILES string of the molecule is Cn1c(CC2CCNCC2OC(N)=O)cc2c(-c3ccccc3C#N)c(Cl)ncc21. The number of carbonyl (C=O) groups is 1. The quantitative estimate of drug-likeness (QED) is 0.625. The predicted octanol–water partition coefficient (Wildman–Crippen LogP) is 3.38. The van der Waals surface area contributed by atoms with Crippen molar-refractivity contribution in [3.05, 3.63) is 52.9 Å². The Balaban J connectivity index is 1.77. The van der Waals surface area contributed by atoms with E-state index >= 15 is 0 Å². The highest BCUT2D eigenvalue weighted by molar-refractivity contribution is 6.33. The maximum atomic E-state index is 11.3. The van der Waals surface area contributed by atoms with E-state index in [4.69, 9.17) is 22.1 Å². The molecule has 7 nitrogen and oxygen atoms in total. The van der Waals surface area contributed by atoms with Crippen LogP contribution < -0.4 is 11.1 Å². The fourth-order valence-electron chi connectivity index (χ4n) is 4.25. The van der Waals surface area contributed by atoms with E-state index in [-0.39, 0.29) is 12.0 Å². The van der Waals surface area contributed by atoms with Gasteiger partial charge in [0.15, 0.2) is 0 Å². The van der Waals surface area contributed by atoms with Gasteiger partial charge in [-0.25, -0.2) is 9.78 Å². The molecule has 0 radical (unpaired) electrons. The Kier molecular flexibility index (Phi) is 5.62. The Morgan fingerprint density at radius 3 is 3.03 bits per heavy atom. The topological polar surface area (TPSA) is 106 Å². The number of nitrogens with one attached hydrogen (secondary N) is 1. The molecule has 3 N–H and O–H groups in total. The Bertz CT molecular complexity index is 1150. The number of halogens is 1. The number of carbonyl (C=O) groups excluding carboxylic acids is 1. The molecule has 2 unspecified atom stereocenters. The van der Waals surface area contributed by atoms with Gasteiger partial charge >= 0.3 is 6.09 Å². The first-order valence-corrected chi connectivity index (χ1v) is 10.2. The Morgan fingerprint density at radius 2 is 2.27 bits per heavy atom. The molecule has 2 atom stereocenters. The van der Waals surface area contributed by atoms with Gasteiger partial charge < -0.3 is 20.4 Å². The number of nitrogens with two attached hydrogens (primary N) is 1. The van der Waals surface area contributed by atoms with E-state index in [1.807, 2.05) is 25.2 Å². The summed E-state index contributed by atoms with van der Waals surface area (Å²) in [5.41, 5.74) is 9.33. The first-order valence-electron chi connectivity index (χ1n) is 9.78. The highest BCUT2D eigenvalue weighted by Gasteiger charge is 2.29. The molecular formula is C22H22ClN5O2. The number of fused-ring (bicyclic) bond motifs is 1. The molecule has 30 heavy (non-hydrogen) atoms. The number of primary amides is 1. The van der Waals surface area contributed by atoms with E-state index in [0.29, 0.717) is 17.3 Å². The van der Waals surface area contributed by atoms with E-state index < -0.39 is 6.09 Å². The molecule has 1 fully saturated rings. The van der Waals surface area contributed by atoms with Crippen molar-refractivity contribution in [2.45, 2.75) is 18.9 Å². The van der Waals surface area contributed by atoms with E-state index in [9.17, 15) is 10.1 Å². The fraction of sp³-hybridized carbons (Fsp3) is 0.318. The highest BCUT2D eigenvalue weighted by atomic mass is 35.5. The Morgan fingerprint density at radius 1 is 1.47 bits per heavy atom. The number of nitriles is 1. The van der Waals surface area contributed by atoms with Crippen LogP contribution in [0, 0.1) is 17.2 Å². The van der Waals surface area contributed by atoms with Crippen LogP contribution in [-0.2, 0) is 18.2 Å². The lowest BCUT2D eigenvalue weighted by Gasteiger charge is -2.31. The van der Waals surface area contributed by atoms with Crippen molar-refractivity contribution in [2.24, 2.45) is 18.7 Å². The molecular weight excluding hydrogens is 402 g/mol. The van der Waals surface area contributed by atoms with Crippen LogP contribution in [0.3, 0.4) is 0 Å². The normalized spacial score (nSPS) is 18.8. The monoisotopic (exact) mass is 423 g/mol. The van der Waals surface area contributed by atoms with Crippen molar-refractivity contribution in [1.82, 2.24) is 14.9 Å². The molecule has 1 aliphatic heterocycles. The molecule has 1 amide bonds. The second-order valence-corrected chi connectivity index (χ2v) is 7.87. The van der Waals surface area contributed by atoms with Crippen LogP contribution in [0.1, 0.15) is 17.7 Å². The lowest BCUT2D eigenvalue weighted by molar-refractivity contribution is 0.0514. The van der Waals surface area contributed by atoms with Crippen molar-refractivity contribution >= 4 is 28.6 Å². The largest absolute Gasteiger partial charge is 0.445 e. The molecule has 0 spiro atoms. The summed E-state index contributed by atoms with van der Waals surface area (Å²) in [6.45, 7) is 1.45. The van der Waals surface area contributed by atoms with Gasteiger partial charge in [0.1, 0.15) is 11.3 Å². The average molecular weight is 424 g/mol. The van der Waals surface area contributed by atoms with Crippen molar-refractivity contribution in [3.8, 4) is 17.2 Å². The van der Waals surface area contributed by atoms with Gasteiger partial charge in [-0.15, -0.1) is 0 Å². The molecule has 1 aliphatic rings. The van der Waals surface area contributed by atoms with Gasteiger partial charge in [-0.1, -0.05) is 29.8 Å². The van der Waals surface area contributed by atoms with E-state index in [2.05, 4.69) is 27.0 Å². The summed E-state index contributed by atoms with van der Waals surface area (Å²) in [6.07, 6.45) is 2.33. The molecule has 4 rings (SSSR count). The summed E-state index contributed by atoms with van der Waals surface area (Å²) in [5, 5.41) is 14.1. The summed E-state index contributed by atoms with van der Waals surface area (Å²) in [6, 6.07) is 11.7. The predicted molar refractivity (Wildman–Crippen MR) is 115 cm³/mol. The van der Waals surface area contributed by atoms with Crippen LogP contribution >= 0.6 is 11.6 Å². The highest BCUT2D eigenvalue weighted by Crippen LogP contribution is 2.37. The first-order chi connectivity index (χ1) is 14.5. The molecule has 0 aliphatic carbocycles. The van der Waals surface area contributed by atoms with Crippen LogP contribution in [0.2, 0.25) is 5.15 Å². The van der Waals surface area contributed by atoms with Crippen LogP contribution in [-0.4, -0.2) is 34.8 Å². The van der Waals surface area contributed by atoms with E-state index in [0.717, 1.165) is 47.1 Å². The van der Waals surface area contributed by atoms with Gasteiger partial charge in [-0.3, -0.25) is 0 Å². The minimum absolute atomic E-state index is 0.153. The minimum Gasteiger partial charge on any atom is -0.445 e. The number of nitrogens with zero attached hydrogens (tertiary/aromatic N) is 3. The van der Waals surface area contributed by atoms with Crippen LogP contribution in [0.15, 0.2) is 36.5 Å². The molecule has 154 valence electrons. The molecule has 2 aromatic heterocycles. The third-order valence-electron chi connectivity index (χ3n) is 5.77. The maximum absolute atomic E-state index is 11.3. The maximum Gasteiger partial charge on any atom is 0.404 e. The van der Waals surface area contributed by atoms with Gasteiger partial charge in [0.2, 0.25) is 0 Å². The summed E-state index contributed by atoms with van der Waals surface area (Å²) in [5.74, 6) is 0.153. The van der Waals surface area contributed by atoms with Gasteiger partial charge in [0, 0.05) is 41.7 Å². The van der Waals surface area contributed by atoms with Crippen molar-refractivity contribution in [1.29, 1.82) is 5.26 Å². The number of hydrogen-bond donors (Lipinski definition) is 2. The van der Waals surface area contributed by atoms with Crippen molar-refractivity contribution in [3.63, 3.8) is 0 Å². The zero-order valence-corrected chi connectivity index (χ0v) is 17.3. The summed E-state index contributed by atoms with van der Waals surface area (Å²) in [4.78, 5) is 15.7. The lowest BCUT2D eigenvalue weighted by atomic mass is 9.90. The van der Waals surface area contributed by atoms with Gasteiger partial charge in [0.05, 0.1) is 23.3 Å². The number of aryl methyl sites for hydroxylation is 1. The number of pyridine rings is 1. The number of amides is 1. The van der Waals surface area contributed by atoms with E-state index in [1.165, 1.54) is 0 Å². The molecule has 0 bridgehead atoms. The second-order valence-electron chi connectivity index (χ2n) is 7.51. The number of aromatic nitrogens is 2. The zero-order chi connectivity index (χ0) is 21.3. The Labute approximate surface area is 179 Å². The van der Waals surface area contributed by atoms with E-state index in [1.54, 1.807) is 12.3 Å². The number of hydrogen-bond acceptors (Lipinski definition) is 5. The van der Waals surface area contributed by atoms with Gasteiger partial charge in [0.25, 0.3) is 0 Å². The molecule has 3 heterocycles. The molecule has 8 heteroatoms. The molecule has 1 aromatic carbocycles. The van der Waals surface area contributed by atoms with Crippen LogP contribution in [0.25, 0.3) is 22.0 Å². The third-order valence-corrected chi connectivity index (χ3v) is 6.06. The number of ether oxygens (including phenoxy) is 1. The zero-order valence-electron chi connectivity index (χ0n) is 16.6. The minimum atomic E-state index is -0.753. The summed E-state index contributed by atoms with van der Waals surface area (Å²) >= 11 is 6.49. The molecule has 3 aromatic rings. The molecule has 0 saturated carbocycles. The number of piperidine rings is 1.